The van der Waals surface area contributed by atoms with Gasteiger partial charge in [0.2, 0.25) is 0 Å². The molecule has 0 spiro atoms. The van der Waals surface area contributed by atoms with E-state index in [2.05, 4.69) is 0 Å². The highest BCUT2D eigenvalue weighted by atomic mass is 35.5. The zero-order valence-corrected chi connectivity index (χ0v) is 15.1. The smallest absolute Gasteiger partial charge is 0.416 e. The van der Waals surface area contributed by atoms with E-state index in [4.69, 9.17) is 25.9 Å². The van der Waals surface area contributed by atoms with Crippen LogP contribution in [-0.2, 0) is 11.0 Å². The van der Waals surface area contributed by atoms with E-state index in [1.165, 1.54) is 0 Å². The number of aliphatic carboxylic acids is 1. The van der Waals surface area contributed by atoms with E-state index >= 15 is 0 Å². The highest BCUT2D eigenvalue weighted by molar-refractivity contribution is 6.34. The number of hydrogen-bond donors (Lipinski definition) is 1. The largest absolute Gasteiger partial charge is 0.492 e. The first-order chi connectivity index (χ1) is 13.6. The molecule has 0 atom stereocenters. The fourth-order valence-corrected chi connectivity index (χ4v) is 2.83. The molecular weight excluding hydrogens is 420 g/mol. The summed E-state index contributed by atoms with van der Waals surface area (Å²) in [5.41, 5.74) is -1.87. The molecule has 3 rings (SSSR count). The van der Waals surface area contributed by atoms with Crippen LogP contribution in [0.4, 0.5) is 17.6 Å². The Hall–Kier alpha value is -3.07. The van der Waals surface area contributed by atoms with Crippen LogP contribution in [0.2, 0.25) is 5.02 Å². The average Bonchev–Trinajstić information content (AvgIpc) is 2.61. The first kappa shape index (κ1) is 20.7. The zero-order chi connectivity index (χ0) is 21.3. The minimum atomic E-state index is -4.67. The van der Waals surface area contributed by atoms with Crippen LogP contribution in [0.3, 0.4) is 0 Å². The molecule has 0 radical (unpaired) electrons. The Bertz CT molecular complexity index is 1150. The molecule has 0 amide bonds. The second kappa shape index (κ2) is 7.75. The third-order valence-corrected chi connectivity index (χ3v) is 4.18. The molecule has 0 aliphatic heterocycles. The summed E-state index contributed by atoms with van der Waals surface area (Å²) in [6.07, 6.45) is -5.13. The number of rotatable bonds is 5. The Morgan fingerprint density at radius 2 is 1.90 bits per heavy atom. The highest BCUT2D eigenvalue weighted by Crippen LogP contribution is 2.38. The van der Waals surface area contributed by atoms with Gasteiger partial charge in [-0.15, -0.1) is 0 Å². The summed E-state index contributed by atoms with van der Waals surface area (Å²) in [4.78, 5) is 23.0. The third-order valence-electron chi connectivity index (χ3n) is 3.90. The quantitative estimate of drug-likeness (QED) is 0.568. The van der Waals surface area contributed by atoms with E-state index in [0.717, 1.165) is 30.3 Å². The number of alkyl halides is 3. The number of carboxylic acid groups (broad SMARTS) is 1. The molecule has 3 aromatic rings. The number of ether oxygens (including phenoxy) is 1. The molecule has 1 aromatic heterocycles. The van der Waals surface area contributed by atoms with Gasteiger partial charge in [0.05, 0.1) is 34.6 Å². The van der Waals surface area contributed by atoms with Crippen molar-refractivity contribution in [3.63, 3.8) is 0 Å². The predicted octanol–water partition coefficient (Wildman–Crippen LogP) is 5.12. The van der Waals surface area contributed by atoms with Crippen molar-refractivity contribution < 1.29 is 36.6 Å². The molecule has 2 aromatic carbocycles. The van der Waals surface area contributed by atoms with Crippen LogP contribution in [0.1, 0.15) is 12.0 Å². The molecule has 0 fully saturated rings. The van der Waals surface area contributed by atoms with E-state index in [0.29, 0.717) is 6.07 Å². The second-order valence-corrected chi connectivity index (χ2v) is 6.35. The van der Waals surface area contributed by atoms with E-state index in [9.17, 15) is 27.2 Å². The maximum Gasteiger partial charge on any atom is 0.416 e. The molecule has 1 N–H and O–H groups in total. The molecular formula is C19H11ClF4O5. The lowest BCUT2D eigenvalue weighted by Crippen LogP contribution is -2.09. The topological polar surface area (TPSA) is 76.7 Å². The molecule has 152 valence electrons. The SMILES string of the molecule is O=C(O)CCOc1cc(C(F)(F)F)ccc1-c1cc(=O)c2cc(F)cc(Cl)c2o1. The number of carboxylic acids is 1. The highest BCUT2D eigenvalue weighted by Gasteiger charge is 2.31. The summed E-state index contributed by atoms with van der Waals surface area (Å²) >= 11 is 5.92. The van der Waals surface area contributed by atoms with Crippen LogP contribution in [0.25, 0.3) is 22.3 Å². The van der Waals surface area contributed by atoms with E-state index in [1.54, 1.807) is 0 Å². The Balaban J connectivity index is 2.16. The van der Waals surface area contributed by atoms with Gasteiger partial charge < -0.3 is 14.3 Å². The summed E-state index contributed by atoms with van der Waals surface area (Å²) in [5.74, 6) is -2.46. The maximum atomic E-state index is 13.5. The Morgan fingerprint density at radius 1 is 1.17 bits per heavy atom. The van der Waals surface area contributed by atoms with Crippen LogP contribution in [-0.4, -0.2) is 17.7 Å². The summed E-state index contributed by atoms with van der Waals surface area (Å²) < 4.78 is 63.3. The van der Waals surface area contributed by atoms with Crippen molar-refractivity contribution in [1.82, 2.24) is 0 Å². The molecule has 1 heterocycles. The first-order valence-electron chi connectivity index (χ1n) is 8.05. The Kier molecular flexibility index (Phi) is 5.52. The lowest BCUT2D eigenvalue weighted by molar-refractivity contribution is -0.139. The van der Waals surface area contributed by atoms with Gasteiger partial charge in [0.15, 0.2) is 11.0 Å². The van der Waals surface area contributed by atoms with Gasteiger partial charge in [0, 0.05) is 6.07 Å². The van der Waals surface area contributed by atoms with Crippen molar-refractivity contribution in [3.8, 4) is 17.1 Å². The number of fused-ring (bicyclic) bond motifs is 1. The number of halogens is 5. The van der Waals surface area contributed by atoms with E-state index < -0.39 is 42.0 Å². The van der Waals surface area contributed by atoms with Crippen molar-refractivity contribution in [2.24, 2.45) is 0 Å². The minimum Gasteiger partial charge on any atom is -0.492 e. The Labute approximate surface area is 165 Å². The van der Waals surface area contributed by atoms with E-state index in [1.807, 2.05) is 0 Å². The second-order valence-electron chi connectivity index (χ2n) is 5.94. The monoisotopic (exact) mass is 430 g/mol. The lowest BCUT2D eigenvalue weighted by Gasteiger charge is -2.14. The standard InChI is InChI=1S/C19H11ClF4O5/c20-13-7-10(21)6-12-14(25)8-16(29-18(12)13)11-2-1-9(19(22,23)24)5-15(11)28-4-3-17(26)27/h1-2,5-8H,3-4H2,(H,26,27). The summed E-state index contributed by atoms with van der Waals surface area (Å²) in [6.45, 7) is -0.409. The van der Waals surface area contributed by atoms with Crippen molar-refractivity contribution >= 4 is 28.5 Å². The van der Waals surface area contributed by atoms with Crippen molar-refractivity contribution in [1.29, 1.82) is 0 Å². The molecule has 0 saturated heterocycles. The number of carbonyl (C=O) groups is 1. The summed E-state index contributed by atoms with van der Waals surface area (Å²) in [5, 5.41) is 8.37. The molecule has 0 saturated carbocycles. The van der Waals surface area contributed by atoms with Gasteiger partial charge in [-0.2, -0.15) is 13.2 Å². The first-order valence-corrected chi connectivity index (χ1v) is 8.43. The van der Waals surface area contributed by atoms with Crippen LogP contribution in [0.5, 0.6) is 5.75 Å². The van der Waals surface area contributed by atoms with Crippen molar-refractivity contribution in [2.45, 2.75) is 12.6 Å². The molecule has 0 aliphatic rings. The van der Waals surface area contributed by atoms with Crippen LogP contribution >= 0.6 is 11.6 Å². The molecule has 29 heavy (non-hydrogen) atoms. The molecule has 0 unspecified atom stereocenters. The van der Waals surface area contributed by atoms with Gasteiger partial charge in [-0.25, -0.2) is 4.39 Å². The summed E-state index contributed by atoms with van der Waals surface area (Å²) in [6, 6.07) is 5.27. The predicted molar refractivity (Wildman–Crippen MR) is 95.6 cm³/mol. The summed E-state index contributed by atoms with van der Waals surface area (Å²) in [7, 11) is 0. The molecule has 0 bridgehead atoms. The lowest BCUT2D eigenvalue weighted by atomic mass is 10.1. The molecule has 10 heteroatoms. The van der Waals surface area contributed by atoms with Crippen molar-refractivity contribution in [2.75, 3.05) is 6.61 Å². The van der Waals surface area contributed by atoms with Crippen LogP contribution in [0.15, 0.2) is 45.6 Å². The van der Waals surface area contributed by atoms with Gasteiger partial charge >= 0.3 is 12.1 Å². The number of benzene rings is 2. The fraction of sp³-hybridized carbons (Fsp3) is 0.158. The molecule has 0 aliphatic carbocycles. The average molecular weight is 431 g/mol. The maximum absolute atomic E-state index is 13.5. The van der Waals surface area contributed by atoms with Crippen molar-refractivity contribution in [3.05, 3.63) is 63.0 Å². The molecule has 5 nitrogen and oxygen atoms in total. The van der Waals surface area contributed by atoms with Gasteiger partial charge in [0.25, 0.3) is 0 Å². The Morgan fingerprint density at radius 3 is 2.55 bits per heavy atom. The van der Waals surface area contributed by atoms with Crippen LogP contribution < -0.4 is 10.2 Å². The minimum absolute atomic E-state index is 0.0252. The third kappa shape index (κ3) is 4.51. The number of hydrogen-bond acceptors (Lipinski definition) is 4. The van der Waals surface area contributed by atoms with Crippen LogP contribution in [0, 0.1) is 5.82 Å². The van der Waals surface area contributed by atoms with Gasteiger partial charge in [-0.3, -0.25) is 9.59 Å². The van der Waals surface area contributed by atoms with Gasteiger partial charge in [0.1, 0.15) is 17.3 Å². The fourth-order valence-electron chi connectivity index (χ4n) is 2.59. The van der Waals surface area contributed by atoms with E-state index in [-0.39, 0.29) is 33.1 Å². The zero-order valence-electron chi connectivity index (χ0n) is 14.3. The van der Waals surface area contributed by atoms with Gasteiger partial charge in [-0.05, 0) is 30.3 Å². The normalized spacial score (nSPS) is 11.6. The van der Waals surface area contributed by atoms with Gasteiger partial charge in [-0.1, -0.05) is 11.6 Å².